The van der Waals surface area contributed by atoms with Gasteiger partial charge in [-0.05, 0) is 44.2 Å². The monoisotopic (exact) mass is 368 g/mol. The normalized spacial score (nSPS) is 20.7. The lowest BCUT2D eigenvalue weighted by atomic mass is 10.1. The van der Waals surface area contributed by atoms with Crippen molar-refractivity contribution in [2.24, 2.45) is 5.92 Å². The smallest absolute Gasteiger partial charge is 0.245 e. The molecule has 2 aromatic heterocycles. The van der Waals surface area contributed by atoms with Crippen molar-refractivity contribution in [2.45, 2.75) is 36.6 Å². The van der Waals surface area contributed by atoms with Crippen LogP contribution in [-0.2, 0) is 10.0 Å². The van der Waals surface area contributed by atoms with Gasteiger partial charge in [0.15, 0.2) is 0 Å². The molecule has 3 heterocycles. The van der Waals surface area contributed by atoms with Crippen molar-refractivity contribution in [3.05, 3.63) is 23.5 Å². The van der Waals surface area contributed by atoms with Crippen molar-refractivity contribution in [1.29, 1.82) is 0 Å². The van der Waals surface area contributed by atoms with Gasteiger partial charge in [0.2, 0.25) is 10.0 Å². The summed E-state index contributed by atoms with van der Waals surface area (Å²) in [5.41, 5.74) is 0.502. The van der Waals surface area contributed by atoms with Gasteiger partial charge in [-0.15, -0.1) is 0 Å². The number of fused-ring (bicyclic) bond motifs is 1. The van der Waals surface area contributed by atoms with Crippen LogP contribution in [0.3, 0.4) is 0 Å². The highest BCUT2D eigenvalue weighted by Crippen LogP contribution is 2.32. The third kappa shape index (κ3) is 3.06. The molecule has 0 unspecified atom stereocenters. The second-order valence-electron chi connectivity index (χ2n) is 6.70. The molecule has 0 radical (unpaired) electrons. The third-order valence-corrected chi connectivity index (χ3v) is 7.19. The van der Waals surface area contributed by atoms with Crippen molar-refractivity contribution in [3.8, 4) is 0 Å². The molecule has 1 aliphatic heterocycles. The van der Waals surface area contributed by atoms with Crippen molar-refractivity contribution in [1.82, 2.24) is 19.6 Å². The third-order valence-electron chi connectivity index (χ3n) is 4.95. The van der Waals surface area contributed by atoms with E-state index in [4.69, 9.17) is 11.6 Å². The standard InChI is InChI=1S/C16H21ClN4O2S/c17-13-3-6-18-16-15(13)14(10-20-16)24(22,23)21-7-4-12(5-8-21)19-9-11-1-2-11/h3,6,10-12,19H,1-2,4-5,7-9H2,(H,18,20). The Morgan fingerprint density at radius 3 is 2.75 bits per heavy atom. The molecule has 1 aliphatic carbocycles. The lowest BCUT2D eigenvalue weighted by Crippen LogP contribution is -2.45. The SMILES string of the molecule is O=S(=O)(c1c[nH]c2nccc(Cl)c12)N1CCC(NCC2CC2)CC1. The first-order valence-electron chi connectivity index (χ1n) is 8.41. The first kappa shape index (κ1) is 16.3. The van der Waals surface area contributed by atoms with Gasteiger partial charge >= 0.3 is 0 Å². The van der Waals surface area contributed by atoms with E-state index in [2.05, 4.69) is 15.3 Å². The lowest BCUT2D eigenvalue weighted by Gasteiger charge is -2.31. The molecule has 2 aliphatic rings. The van der Waals surface area contributed by atoms with E-state index in [0.717, 1.165) is 25.3 Å². The molecule has 1 saturated heterocycles. The van der Waals surface area contributed by atoms with Crippen LogP contribution in [0.5, 0.6) is 0 Å². The Labute approximate surface area is 146 Å². The number of piperidine rings is 1. The summed E-state index contributed by atoms with van der Waals surface area (Å²) in [6, 6.07) is 2.04. The van der Waals surface area contributed by atoms with E-state index in [1.807, 2.05) is 0 Å². The van der Waals surface area contributed by atoms with E-state index in [0.29, 0.717) is 35.2 Å². The van der Waals surface area contributed by atoms with Gasteiger partial charge in [-0.2, -0.15) is 4.31 Å². The average Bonchev–Trinajstić information content (AvgIpc) is 3.30. The van der Waals surface area contributed by atoms with E-state index < -0.39 is 10.0 Å². The minimum Gasteiger partial charge on any atom is -0.345 e. The highest BCUT2D eigenvalue weighted by molar-refractivity contribution is 7.89. The predicted molar refractivity (Wildman–Crippen MR) is 93.6 cm³/mol. The molecule has 2 N–H and O–H groups in total. The maximum absolute atomic E-state index is 13.0. The van der Waals surface area contributed by atoms with Gasteiger partial charge in [0.25, 0.3) is 0 Å². The fourth-order valence-electron chi connectivity index (χ4n) is 3.29. The van der Waals surface area contributed by atoms with Gasteiger partial charge in [-0.1, -0.05) is 11.6 Å². The second-order valence-corrected chi connectivity index (χ2v) is 9.01. The van der Waals surface area contributed by atoms with Gasteiger partial charge in [-0.3, -0.25) is 0 Å². The van der Waals surface area contributed by atoms with E-state index >= 15 is 0 Å². The molecule has 24 heavy (non-hydrogen) atoms. The van der Waals surface area contributed by atoms with Crippen LogP contribution in [0.15, 0.2) is 23.4 Å². The molecule has 1 saturated carbocycles. The number of sulfonamides is 1. The Kier molecular flexibility index (Phi) is 4.28. The summed E-state index contributed by atoms with van der Waals surface area (Å²) in [4.78, 5) is 7.28. The van der Waals surface area contributed by atoms with Gasteiger partial charge in [0, 0.05) is 31.5 Å². The molecule has 0 aromatic carbocycles. The topological polar surface area (TPSA) is 78.1 Å². The minimum atomic E-state index is -3.56. The second kappa shape index (κ2) is 6.29. The Morgan fingerprint density at radius 2 is 2.04 bits per heavy atom. The zero-order chi connectivity index (χ0) is 16.7. The first-order chi connectivity index (χ1) is 11.6. The van der Waals surface area contributed by atoms with Gasteiger partial charge < -0.3 is 10.3 Å². The largest absolute Gasteiger partial charge is 0.345 e. The van der Waals surface area contributed by atoms with E-state index in [1.165, 1.54) is 19.0 Å². The number of hydrogen-bond acceptors (Lipinski definition) is 4. The van der Waals surface area contributed by atoms with Gasteiger partial charge in [-0.25, -0.2) is 13.4 Å². The number of H-pyrrole nitrogens is 1. The summed E-state index contributed by atoms with van der Waals surface area (Å²) >= 11 is 6.20. The highest BCUT2D eigenvalue weighted by Gasteiger charge is 2.32. The summed E-state index contributed by atoms with van der Waals surface area (Å²) < 4.78 is 27.6. The molecule has 130 valence electrons. The van der Waals surface area contributed by atoms with Crippen LogP contribution >= 0.6 is 11.6 Å². The number of halogens is 1. The molecule has 2 fully saturated rings. The summed E-state index contributed by atoms with van der Waals surface area (Å²) in [5, 5.41) is 4.45. The van der Waals surface area contributed by atoms with Crippen LogP contribution in [0.2, 0.25) is 5.02 Å². The summed E-state index contributed by atoms with van der Waals surface area (Å²) in [5.74, 6) is 0.840. The van der Waals surface area contributed by atoms with Gasteiger partial charge in [0.05, 0.1) is 10.4 Å². The number of pyridine rings is 1. The fraction of sp³-hybridized carbons (Fsp3) is 0.562. The summed E-state index contributed by atoms with van der Waals surface area (Å²) in [6.07, 6.45) is 7.41. The molecule has 2 aromatic rings. The Morgan fingerprint density at radius 1 is 1.29 bits per heavy atom. The Bertz CT molecular complexity index is 839. The fourth-order valence-corrected chi connectivity index (χ4v) is 5.23. The van der Waals surface area contributed by atoms with Crippen LogP contribution in [0.4, 0.5) is 0 Å². The lowest BCUT2D eigenvalue weighted by molar-refractivity contribution is 0.288. The number of aromatic amines is 1. The molecule has 6 nitrogen and oxygen atoms in total. The molecule has 0 spiro atoms. The minimum absolute atomic E-state index is 0.222. The van der Waals surface area contributed by atoms with E-state index in [-0.39, 0.29) is 4.90 Å². The van der Waals surface area contributed by atoms with Crippen molar-refractivity contribution >= 4 is 32.7 Å². The zero-order valence-corrected chi connectivity index (χ0v) is 14.9. The van der Waals surface area contributed by atoms with Crippen LogP contribution in [-0.4, -0.2) is 48.4 Å². The van der Waals surface area contributed by atoms with E-state index in [9.17, 15) is 8.42 Å². The number of aromatic nitrogens is 2. The first-order valence-corrected chi connectivity index (χ1v) is 10.2. The molecular formula is C16H21ClN4O2S. The molecule has 0 bridgehead atoms. The van der Waals surface area contributed by atoms with Crippen molar-refractivity contribution in [3.63, 3.8) is 0 Å². The maximum atomic E-state index is 13.0. The van der Waals surface area contributed by atoms with Crippen molar-refractivity contribution < 1.29 is 8.42 Å². The molecular weight excluding hydrogens is 348 g/mol. The maximum Gasteiger partial charge on any atom is 0.245 e. The van der Waals surface area contributed by atoms with Crippen LogP contribution in [0.25, 0.3) is 11.0 Å². The predicted octanol–water partition coefficient (Wildman–Crippen LogP) is 2.37. The Balaban J connectivity index is 1.50. The molecule has 0 atom stereocenters. The molecule has 8 heteroatoms. The van der Waals surface area contributed by atoms with Crippen molar-refractivity contribution in [2.75, 3.05) is 19.6 Å². The summed E-state index contributed by atoms with van der Waals surface area (Å²) in [7, 11) is -3.56. The van der Waals surface area contributed by atoms with Gasteiger partial charge in [0.1, 0.15) is 10.5 Å². The number of nitrogens with one attached hydrogen (secondary N) is 2. The number of hydrogen-bond donors (Lipinski definition) is 2. The van der Waals surface area contributed by atoms with E-state index in [1.54, 1.807) is 16.6 Å². The Hall–Kier alpha value is -1.15. The van der Waals surface area contributed by atoms with Crippen LogP contribution < -0.4 is 5.32 Å². The zero-order valence-electron chi connectivity index (χ0n) is 13.3. The summed E-state index contributed by atoms with van der Waals surface area (Å²) in [6.45, 7) is 2.14. The van der Waals surface area contributed by atoms with Crippen LogP contribution in [0.1, 0.15) is 25.7 Å². The molecule has 4 rings (SSSR count). The number of nitrogens with zero attached hydrogens (tertiary/aromatic N) is 2. The highest BCUT2D eigenvalue weighted by atomic mass is 35.5. The quantitative estimate of drug-likeness (QED) is 0.849. The number of rotatable bonds is 5. The average molecular weight is 369 g/mol. The molecule has 0 amide bonds. The van der Waals surface area contributed by atoms with Crippen LogP contribution in [0, 0.1) is 5.92 Å².